The Hall–Kier alpha value is -1.03. The number of anilines is 2. The summed E-state index contributed by atoms with van der Waals surface area (Å²) in [6, 6.07) is 6.48. The first-order valence-electron chi connectivity index (χ1n) is 5.11. The standard InChI is InChI=1S/C11H11BrN2O/c12-8-2-1-3-9-11(8)14(7-4-5-7)6-10(15)13-9/h1-3,7H,4-6H2,(H,13,15). The number of fused-ring (bicyclic) bond motifs is 1. The maximum absolute atomic E-state index is 11.5. The molecule has 3 rings (SSSR count). The van der Waals surface area contributed by atoms with E-state index in [9.17, 15) is 4.79 Å². The molecule has 1 heterocycles. The molecule has 0 bridgehead atoms. The van der Waals surface area contributed by atoms with Gasteiger partial charge in [0.15, 0.2) is 0 Å². The Morgan fingerprint density at radius 2 is 2.20 bits per heavy atom. The Kier molecular flexibility index (Phi) is 1.99. The molecule has 1 aliphatic heterocycles. The minimum atomic E-state index is 0.0903. The molecular formula is C11H11BrN2O. The number of carbonyl (C=O) groups is 1. The molecule has 0 atom stereocenters. The number of rotatable bonds is 1. The van der Waals surface area contributed by atoms with Crippen molar-refractivity contribution in [2.75, 3.05) is 16.8 Å². The van der Waals surface area contributed by atoms with Gasteiger partial charge >= 0.3 is 0 Å². The summed E-state index contributed by atoms with van der Waals surface area (Å²) in [4.78, 5) is 13.7. The van der Waals surface area contributed by atoms with Gasteiger partial charge in [0.2, 0.25) is 5.91 Å². The Bertz CT molecular complexity index is 429. The van der Waals surface area contributed by atoms with Crippen molar-refractivity contribution < 1.29 is 4.79 Å². The third-order valence-electron chi connectivity index (χ3n) is 2.85. The van der Waals surface area contributed by atoms with Crippen LogP contribution < -0.4 is 10.2 Å². The Balaban J connectivity index is 2.10. The van der Waals surface area contributed by atoms with Crippen LogP contribution in [0.2, 0.25) is 0 Å². The lowest BCUT2D eigenvalue weighted by Gasteiger charge is -2.31. The molecule has 1 saturated carbocycles. The van der Waals surface area contributed by atoms with Crippen LogP contribution in [0.25, 0.3) is 0 Å². The molecule has 0 aromatic heterocycles. The van der Waals surface area contributed by atoms with Crippen LogP contribution in [0.1, 0.15) is 12.8 Å². The third kappa shape index (κ3) is 1.53. The monoisotopic (exact) mass is 266 g/mol. The van der Waals surface area contributed by atoms with Gasteiger partial charge in [0, 0.05) is 10.5 Å². The normalized spacial score (nSPS) is 19.8. The highest BCUT2D eigenvalue weighted by atomic mass is 79.9. The van der Waals surface area contributed by atoms with Crippen LogP contribution in [0, 0.1) is 0 Å². The van der Waals surface area contributed by atoms with E-state index in [0.29, 0.717) is 12.6 Å². The van der Waals surface area contributed by atoms with Crippen molar-refractivity contribution in [3.8, 4) is 0 Å². The molecule has 1 amide bonds. The highest BCUT2D eigenvalue weighted by molar-refractivity contribution is 9.10. The van der Waals surface area contributed by atoms with Crippen molar-refractivity contribution in [1.29, 1.82) is 0 Å². The average molecular weight is 267 g/mol. The van der Waals surface area contributed by atoms with Crippen LogP contribution >= 0.6 is 15.9 Å². The fourth-order valence-corrected chi connectivity index (χ4v) is 2.62. The number of hydrogen-bond donors (Lipinski definition) is 1. The number of nitrogens with one attached hydrogen (secondary N) is 1. The Morgan fingerprint density at radius 1 is 1.40 bits per heavy atom. The molecule has 1 N–H and O–H groups in total. The molecule has 78 valence electrons. The molecular weight excluding hydrogens is 256 g/mol. The molecule has 1 aromatic carbocycles. The minimum absolute atomic E-state index is 0.0903. The summed E-state index contributed by atoms with van der Waals surface area (Å²) >= 11 is 3.55. The summed E-state index contributed by atoms with van der Waals surface area (Å²) in [5, 5.41) is 2.90. The predicted molar refractivity (Wildman–Crippen MR) is 63.1 cm³/mol. The van der Waals surface area contributed by atoms with E-state index in [2.05, 4.69) is 26.1 Å². The molecule has 4 heteroatoms. The molecule has 3 nitrogen and oxygen atoms in total. The summed E-state index contributed by atoms with van der Waals surface area (Å²) in [6.45, 7) is 0.486. The second kappa shape index (κ2) is 3.23. The molecule has 1 aromatic rings. The van der Waals surface area contributed by atoms with Gasteiger partial charge in [-0.25, -0.2) is 0 Å². The summed E-state index contributed by atoms with van der Waals surface area (Å²) < 4.78 is 1.06. The summed E-state index contributed by atoms with van der Waals surface area (Å²) in [5.41, 5.74) is 2.06. The maximum atomic E-state index is 11.5. The van der Waals surface area contributed by atoms with E-state index in [1.165, 1.54) is 12.8 Å². The van der Waals surface area contributed by atoms with Gasteiger partial charge in [0.1, 0.15) is 0 Å². The van der Waals surface area contributed by atoms with Crippen LogP contribution in [-0.2, 0) is 4.79 Å². The molecule has 1 fully saturated rings. The van der Waals surface area contributed by atoms with Gasteiger partial charge in [-0.05, 0) is 40.9 Å². The molecule has 15 heavy (non-hydrogen) atoms. The van der Waals surface area contributed by atoms with E-state index < -0.39 is 0 Å². The van der Waals surface area contributed by atoms with Crippen LogP contribution in [-0.4, -0.2) is 18.5 Å². The van der Waals surface area contributed by atoms with Crippen molar-refractivity contribution in [2.45, 2.75) is 18.9 Å². The van der Waals surface area contributed by atoms with Crippen molar-refractivity contribution in [1.82, 2.24) is 0 Å². The highest BCUT2D eigenvalue weighted by Gasteiger charge is 2.35. The van der Waals surface area contributed by atoms with Gasteiger partial charge in [0.05, 0.1) is 17.9 Å². The quantitative estimate of drug-likeness (QED) is 0.847. The zero-order chi connectivity index (χ0) is 10.4. The lowest BCUT2D eigenvalue weighted by atomic mass is 10.2. The first-order valence-corrected chi connectivity index (χ1v) is 5.90. The zero-order valence-corrected chi connectivity index (χ0v) is 9.75. The van der Waals surface area contributed by atoms with Crippen molar-refractivity contribution in [2.24, 2.45) is 0 Å². The number of benzene rings is 1. The van der Waals surface area contributed by atoms with Crippen molar-refractivity contribution >= 4 is 33.2 Å². The lowest BCUT2D eigenvalue weighted by molar-refractivity contribution is -0.115. The molecule has 0 radical (unpaired) electrons. The first kappa shape index (κ1) is 9.21. The average Bonchev–Trinajstić information content (AvgIpc) is 2.99. The molecule has 0 saturated heterocycles. The summed E-state index contributed by atoms with van der Waals surface area (Å²) in [7, 11) is 0. The maximum Gasteiger partial charge on any atom is 0.243 e. The Labute approximate surface area is 96.6 Å². The zero-order valence-electron chi connectivity index (χ0n) is 8.16. The van der Waals surface area contributed by atoms with Crippen LogP contribution in [0.4, 0.5) is 11.4 Å². The topological polar surface area (TPSA) is 32.3 Å². The molecule has 2 aliphatic rings. The number of para-hydroxylation sites is 1. The van der Waals surface area contributed by atoms with Gasteiger partial charge in [-0.2, -0.15) is 0 Å². The van der Waals surface area contributed by atoms with E-state index in [0.717, 1.165) is 15.8 Å². The van der Waals surface area contributed by atoms with Gasteiger partial charge < -0.3 is 10.2 Å². The largest absolute Gasteiger partial charge is 0.357 e. The predicted octanol–water partition coefficient (Wildman–Crippen LogP) is 2.37. The SMILES string of the molecule is O=C1CN(C2CC2)c2c(Br)cccc2N1. The summed E-state index contributed by atoms with van der Waals surface area (Å²) in [6.07, 6.45) is 2.40. The van der Waals surface area contributed by atoms with Crippen LogP contribution in [0.3, 0.4) is 0 Å². The lowest BCUT2D eigenvalue weighted by Crippen LogP contribution is -2.39. The Morgan fingerprint density at radius 3 is 2.93 bits per heavy atom. The highest BCUT2D eigenvalue weighted by Crippen LogP contribution is 2.42. The fraction of sp³-hybridized carbons (Fsp3) is 0.364. The van der Waals surface area contributed by atoms with Gasteiger partial charge in [0.25, 0.3) is 0 Å². The molecule has 0 unspecified atom stereocenters. The molecule has 1 aliphatic carbocycles. The fourth-order valence-electron chi connectivity index (χ4n) is 2.03. The van der Waals surface area contributed by atoms with E-state index in [1.807, 2.05) is 18.2 Å². The molecule has 0 spiro atoms. The van der Waals surface area contributed by atoms with E-state index in [4.69, 9.17) is 0 Å². The van der Waals surface area contributed by atoms with Gasteiger partial charge in [-0.15, -0.1) is 0 Å². The number of hydrogen-bond acceptors (Lipinski definition) is 2. The van der Waals surface area contributed by atoms with Crippen LogP contribution in [0.5, 0.6) is 0 Å². The van der Waals surface area contributed by atoms with Crippen LogP contribution in [0.15, 0.2) is 22.7 Å². The number of nitrogens with zero attached hydrogens (tertiary/aromatic N) is 1. The smallest absolute Gasteiger partial charge is 0.243 e. The van der Waals surface area contributed by atoms with E-state index in [1.54, 1.807) is 0 Å². The summed E-state index contributed by atoms with van der Waals surface area (Å²) in [5.74, 6) is 0.0903. The van der Waals surface area contributed by atoms with Crippen molar-refractivity contribution in [3.63, 3.8) is 0 Å². The van der Waals surface area contributed by atoms with Crippen molar-refractivity contribution in [3.05, 3.63) is 22.7 Å². The van der Waals surface area contributed by atoms with Gasteiger partial charge in [-0.1, -0.05) is 6.07 Å². The second-order valence-corrected chi connectivity index (χ2v) is 4.90. The minimum Gasteiger partial charge on any atom is -0.357 e. The van der Waals surface area contributed by atoms with E-state index in [-0.39, 0.29) is 5.91 Å². The third-order valence-corrected chi connectivity index (χ3v) is 3.49. The van der Waals surface area contributed by atoms with Gasteiger partial charge in [-0.3, -0.25) is 4.79 Å². The first-order chi connectivity index (χ1) is 7.25. The number of halogens is 1. The van der Waals surface area contributed by atoms with E-state index >= 15 is 0 Å². The number of amides is 1. The number of carbonyl (C=O) groups excluding carboxylic acids is 1. The second-order valence-electron chi connectivity index (χ2n) is 4.04.